The van der Waals surface area contributed by atoms with Crippen molar-refractivity contribution in [3.8, 4) is 6.07 Å². The van der Waals surface area contributed by atoms with E-state index in [1.165, 1.54) is 0 Å². The molecule has 1 rings (SSSR count). The summed E-state index contributed by atoms with van der Waals surface area (Å²) in [4.78, 5) is 5.92. The van der Waals surface area contributed by atoms with Crippen LogP contribution in [0.3, 0.4) is 0 Å². The van der Waals surface area contributed by atoms with E-state index in [0.717, 1.165) is 11.3 Å². The third-order valence-corrected chi connectivity index (χ3v) is 2.07. The molecule has 78 valence electrons. The Morgan fingerprint density at radius 2 is 2.20 bits per heavy atom. The van der Waals surface area contributed by atoms with Crippen molar-refractivity contribution < 1.29 is 0 Å². The molecule has 0 bridgehead atoms. The Morgan fingerprint density at radius 3 is 2.73 bits per heavy atom. The van der Waals surface area contributed by atoms with Gasteiger partial charge in [-0.3, -0.25) is 0 Å². The SMILES string of the molecule is Cc1cc(C=CN(C)C)c(C#N)c(Cl)n1. The zero-order valence-electron chi connectivity index (χ0n) is 8.95. The van der Waals surface area contributed by atoms with Gasteiger partial charge in [-0.1, -0.05) is 11.6 Å². The molecule has 0 aliphatic rings. The zero-order valence-corrected chi connectivity index (χ0v) is 9.71. The number of pyridine rings is 1. The van der Waals surface area contributed by atoms with Gasteiger partial charge in [0, 0.05) is 19.8 Å². The van der Waals surface area contributed by atoms with E-state index in [2.05, 4.69) is 11.1 Å². The summed E-state index contributed by atoms with van der Waals surface area (Å²) in [6.07, 6.45) is 3.71. The highest BCUT2D eigenvalue weighted by molar-refractivity contribution is 6.30. The number of halogens is 1. The molecular formula is C11H12ClN3. The second-order valence-corrected chi connectivity index (χ2v) is 3.77. The maximum absolute atomic E-state index is 8.93. The van der Waals surface area contributed by atoms with Crippen molar-refractivity contribution in [3.05, 3.63) is 34.2 Å². The summed E-state index contributed by atoms with van der Waals surface area (Å²) in [7, 11) is 3.83. The largest absolute Gasteiger partial charge is 0.383 e. The van der Waals surface area contributed by atoms with E-state index in [9.17, 15) is 0 Å². The van der Waals surface area contributed by atoms with Crippen molar-refractivity contribution in [2.24, 2.45) is 0 Å². The predicted molar refractivity (Wildman–Crippen MR) is 61.4 cm³/mol. The van der Waals surface area contributed by atoms with Gasteiger partial charge in [-0.15, -0.1) is 0 Å². The molecule has 0 aromatic carbocycles. The van der Waals surface area contributed by atoms with Gasteiger partial charge in [-0.05, 0) is 30.8 Å². The van der Waals surface area contributed by atoms with Crippen LogP contribution in [0.5, 0.6) is 0 Å². The second-order valence-electron chi connectivity index (χ2n) is 3.41. The van der Waals surface area contributed by atoms with Crippen molar-refractivity contribution in [1.29, 1.82) is 5.26 Å². The molecule has 0 fully saturated rings. The van der Waals surface area contributed by atoms with E-state index in [-0.39, 0.29) is 5.15 Å². The van der Waals surface area contributed by atoms with Gasteiger partial charge >= 0.3 is 0 Å². The van der Waals surface area contributed by atoms with Crippen molar-refractivity contribution in [3.63, 3.8) is 0 Å². The summed E-state index contributed by atoms with van der Waals surface area (Å²) in [5.41, 5.74) is 2.02. The van der Waals surface area contributed by atoms with Gasteiger partial charge in [-0.25, -0.2) is 4.98 Å². The zero-order chi connectivity index (χ0) is 11.4. The van der Waals surface area contributed by atoms with Crippen molar-refractivity contribution in [2.75, 3.05) is 14.1 Å². The summed E-state index contributed by atoms with van der Waals surface area (Å²) in [5, 5.41) is 9.19. The molecule has 0 saturated heterocycles. The van der Waals surface area contributed by atoms with Gasteiger partial charge in [0.15, 0.2) is 0 Å². The molecule has 1 aromatic heterocycles. The van der Waals surface area contributed by atoms with Crippen LogP contribution >= 0.6 is 11.6 Å². The third kappa shape index (κ3) is 2.97. The number of hydrogen-bond donors (Lipinski definition) is 0. The minimum atomic E-state index is 0.260. The first-order valence-electron chi connectivity index (χ1n) is 4.46. The molecule has 0 aliphatic heterocycles. The molecule has 0 N–H and O–H groups in total. The number of aryl methyl sites for hydroxylation is 1. The Balaban J connectivity index is 3.22. The topological polar surface area (TPSA) is 39.9 Å². The fourth-order valence-electron chi connectivity index (χ4n) is 1.13. The Morgan fingerprint density at radius 1 is 1.53 bits per heavy atom. The first-order chi connectivity index (χ1) is 7.04. The van der Waals surface area contributed by atoms with Gasteiger partial charge in [0.1, 0.15) is 11.2 Å². The van der Waals surface area contributed by atoms with E-state index in [0.29, 0.717) is 5.56 Å². The smallest absolute Gasteiger partial charge is 0.147 e. The van der Waals surface area contributed by atoms with Gasteiger partial charge in [0.2, 0.25) is 0 Å². The molecular weight excluding hydrogens is 210 g/mol. The average molecular weight is 222 g/mol. The Kier molecular flexibility index (Phi) is 3.70. The molecule has 0 amide bonds. The number of nitrogens with zero attached hydrogens (tertiary/aromatic N) is 3. The lowest BCUT2D eigenvalue weighted by molar-refractivity contribution is 0.567. The van der Waals surface area contributed by atoms with Gasteiger partial charge in [0.25, 0.3) is 0 Å². The molecule has 4 heteroatoms. The molecule has 1 heterocycles. The molecule has 0 radical (unpaired) electrons. The molecule has 1 aromatic rings. The van der Waals surface area contributed by atoms with Crippen LogP contribution in [0, 0.1) is 18.3 Å². The quantitative estimate of drug-likeness (QED) is 0.721. The Labute approximate surface area is 94.6 Å². The summed E-state index contributed by atoms with van der Waals surface area (Å²) in [5.74, 6) is 0. The van der Waals surface area contributed by atoms with Crippen LogP contribution in [0.2, 0.25) is 5.15 Å². The number of rotatable bonds is 2. The Bertz CT molecular complexity index is 430. The molecule has 15 heavy (non-hydrogen) atoms. The van der Waals surface area contributed by atoms with E-state index < -0.39 is 0 Å². The number of nitriles is 1. The van der Waals surface area contributed by atoms with Crippen molar-refractivity contribution in [1.82, 2.24) is 9.88 Å². The monoisotopic (exact) mass is 221 g/mol. The lowest BCUT2D eigenvalue weighted by atomic mass is 10.1. The van der Waals surface area contributed by atoms with Crippen LogP contribution in [0.15, 0.2) is 12.3 Å². The fourth-order valence-corrected chi connectivity index (χ4v) is 1.42. The van der Waals surface area contributed by atoms with E-state index in [1.54, 1.807) is 0 Å². The van der Waals surface area contributed by atoms with Crippen LogP contribution in [0.25, 0.3) is 6.08 Å². The maximum Gasteiger partial charge on any atom is 0.147 e. The molecule has 0 saturated carbocycles. The summed E-state index contributed by atoms with van der Waals surface area (Å²) >= 11 is 5.87. The summed E-state index contributed by atoms with van der Waals surface area (Å²) in [6, 6.07) is 3.89. The van der Waals surface area contributed by atoms with E-state index >= 15 is 0 Å². The minimum absolute atomic E-state index is 0.260. The average Bonchev–Trinajstić information content (AvgIpc) is 2.13. The minimum Gasteiger partial charge on any atom is -0.383 e. The number of aromatic nitrogens is 1. The molecule has 0 aliphatic carbocycles. The second kappa shape index (κ2) is 4.81. The van der Waals surface area contributed by atoms with Crippen molar-refractivity contribution in [2.45, 2.75) is 6.92 Å². The van der Waals surface area contributed by atoms with Gasteiger partial charge in [-0.2, -0.15) is 5.26 Å². The van der Waals surface area contributed by atoms with Crippen LogP contribution in [-0.4, -0.2) is 24.0 Å². The normalized spacial score (nSPS) is 10.3. The van der Waals surface area contributed by atoms with Gasteiger partial charge < -0.3 is 4.90 Å². The highest BCUT2D eigenvalue weighted by Crippen LogP contribution is 2.19. The number of hydrogen-bond acceptors (Lipinski definition) is 3. The first-order valence-corrected chi connectivity index (χ1v) is 4.84. The molecule has 0 unspecified atom stereocenters. The van der Waals surface area contributed by atoms with E-state index in [1.807, 2.05) is 44.3 Å². The van der Waals surface area contributed by atoms with Crippen LogP contribution < -0.4 is 0 Å². The summed E-state index contributed by atoms with van der Waals surface area (Å²) in [6.45, 7) is 1.85. The van der Waals surface area contributed by atoms with Crippen molar-refractivity contribution >= 4 is 17.7 Å². The lowest BCUT2D eigenvalue weighted by Crippen LogP contribution is -2.00. The maximum atomic E-state index is 8.93. The molecule has 3 nitrogen and oxygen atoms in total. The lowest BCUT2D eigenvalue weighted by Gasteiger charge is -2.05. The van der Waals surface area contributed by atoms with Gasteiger partial charge in [0.05, 0.1) is 5.56 Å². The standard InChI is InChI=1S/C11H12ClN3/c1-8-6-9(4-5-15(2)3)10(7-13)11(12)14-8/h4-6H,1-3H3. The highest BCUT2D eigenvalue weighted by atomic mass is 35.5. The van der Waals surface area contributed by atoms with Crippen LogP contribution in [0.1, 0.15) is 16.8 Å². The third-order valence-electron chi connectivity index (χ3n) is 1.80. The molecule has 0 atom stereocenters. The predicted octanol–water partition coefficient (Wildman–Crippen LogP) is 2.45. The van der Waals surface area contributed by atoms with Crippen LogP contribution in [0.4, 0.5) is 0 Å². The van der Waals surface area contributed by atoms with E-state index in [4.69, 9.17) is 16.9 Å². The highest BCUT2D eigenvalue weighted by Gasteiger charge is 2.06. The van der Waals surface area contributed by atoms with Crippen LogP contribution in [-0.2, 0) is 0 Å². The Hall–Kier alpha value is -1.53. The summed E-state index contributed by atoms with van der Waals surface area (Å²) < 4.78 is 0. The molecule has 0 spiro atoms. The first kappa shape index (κ1) is 11.5. The fraction of sp³-hybridized carbons (Fsp3) is 0.273.